The molecule has 4 atom stereocenters. The van der Waals surface area contributed by atoms with Crippen molar-refractivity contribution in [1.29, 1.82) is 0 Å². The Kier molecular flexibility index (Phi) is 6.06. The Balaban J connectivity index is 2.03. The summed E-state index contributed by atoms with van der Waals surface area (Å²) in [6.45, 7) is 0. The van der Waals surface area contributed by atoms with Crippen molar-refractivity contribution >= 4 is 32.9 Å². The van der Waals surface area contributed by atoms with Gasteiger partial charge >= 0.3 is 0 Å². The zero-order valence-corrected chi connectivity index (χ0v) is 14.4. The Morgan fingerprint density at radius 1 is 1.38 bits per heavy atom. The second-order valence-electron chi connectivity index (χ2n) is 5.50. The van der Waals surface area contributed by atoms with Crippen LogP contribution in [0.2, 0.25) is 0 Å². The molecule has 1 aliphatic heterocycles. The summed E-state index contributed by atoms with van der Waals surface area (Å²) in [6, 6.07) is 3.11. The first kappa shape index (κ1) is 19.0. The molecule has 2 rings (SSSR count). The number of aliphatic hydroxyl groups excluding tert-OH is 2. The number of piperidine rings is 1. The predicted octanol–water partition coefficient (Wildman–Crippen LogP) is -1.44. The van der Waals surface area contributed by atoms with Crippen molar-refractivity contribution in [2.45, 2.75) is 30.7 Å². The molecule has 134 valence electrons. The second kappa shape index (κ2) is 7.68. The molecule has 11 heteroatoms. The largest absolute Gasteiger partial charge is 0.379 e. The third kappa shape index (κ3) is 4.59. The van der Waals surface area contributed by atoms with Crippen molar-refractivity contribution in [3.63, 3.8) is 0 Å². The van der Waals surface area contributed by atoms with E-state index in [-0.39, 0.29) is 17.7 Å². The molecule has 0 aromatic carbocycles. The van der Waals surface area contributed by atoms with E-state index in [9.17, 15) is 28.2 Å². The van der Waals surface area contributed by atoms with Crippen LogP contribution < -0.4 is 16.2 Å². The van der Waals surface area contributed by atoms with E-state index >= 15 is 0 Å². The third-order valence-electron chi connectivity index (χ3n) is 3.59. The first-order valence-corrected chi connectivity index (χ1v) is 9.97. The Labute approximate surface area is 143 Å². The van der Waals surface area contributed by atoms with Gasteiger partial charge in [-0.2, -0.15) is 0 Å². The van der Waals surface area contributed by atoms with Gasteiger partial charge in [0.1, 0.15) is 12.5 Å². The van der Waals surface area contributed by atoms with Crippen molar-refractivity contribution < 1.29 is 28.2 Å². The quantitative estimate of drug-likeness (QED) is 0.299. The molecule has 1 fully saturated rings. The number of carbonyl (C=O) groups excluding carboxylic acids is 2. The van der Waals surface area contributed by atoms with Crippen molar-refractivity contribution in [2.75, 3.05) is 6.26 Å². The average molecular weight is 377 g/mol. The Morgan fingerprint density at radius 3 is 2.62 bits per heavy atom. The van der Waals surface area contributed by atoms with Crippen molar-refractivity contribution in [3.05, 3.63) is 22.4 Å². The minimum atomic E-state index is -3.83. The predicted molar refractivity (Wildman–Crippen MR) is 86.4 cm³/mol. The minimum absolute atomic E-state index is 0.214. The van der Waals surface area contributed by atoms with Crippen LogP contribution in [0.1, 0.15) is 22.5 Å². The summed E-state index contributed by atoms with van der Waals surface area (Å²) in [5, 5.41) is 21.5. The molecule has 1 saturated heterocycles. The van der Waals surface area contributed by atoms with Gasteiger partial charge in [-0.05, 0) is 24.3 Å². The maximum absolute atomic E-state index is 12.3. The molecular weight excluding hydrogens is 358 g/mol. The zero-order valence-electron chi connectivity index (χ0n) is 12.8. The van der Waals surface area contributed by atoms with E-state index in [4.69, 9.17) is 0 Å². The van der Waals surface area contributed by atoms with E-state index in [2.05, 4.69) is 16.2 Å². The van der Waals surface area contributed by atoms with Crippen LogP contribution in [0, 0.1) is 5.92 Å². The molecule has 1 aliphatic rings. The van der Waals surface area contributed by atoms with Gasteiger partial charge < -0.3 is 10.2 Å². The number of rotatable bonds is 6. The number of hydrogen-bond donors (Lipinski definition) is 5. The molecule has 2 heterocycles. The molecule has 0 saturated carbocycles. The number of Topliss-reactive ketones (excluding diaryl/α,β-unsaturated/α-hetero) is 1. The van der Waals surface area contributed by atoms with Gasteiger partial charge in [-0.1, -0.05) is 6.07 Å². The Morgan fingerprint density at radius 2 is 2.08 bits per heavy atom. The van der Waals surface area contributed by atoms with Crippen LogP contribution in [0.3, 0.4) is 0 Å². The molecule has 0 aliphatic carbocycles. The van der Waals surface area contributed by atoms with E-state index in [0.29, 0.717) is 0 Å². The van der Waals surface area contributed by atoms with Gasteiger partial charge in [-0.25, -0.2) is 13.8 Å². The molecule has 1 aromatic rings. The number of aliphatic hydroxyl groups is 2. The highest BCUT2D eigenvalue weighted by atomic mass is 32.2. The first-order chi connectivity index (χ1) is 11.2. The minimum Gasteiger partial charge on any atom is -0.379 e. The van der Waals surface area contributed by atoms with Crippen LogP contribution >= 0.6 is 11.3 Å². The summed E-state index contributed by atoms with van der Waals surface area (Å²) < 4.78 is 23.7. The van der Waals surface area contributed by atoms with E-state index in [1.165, 1.54) is 6.07 Å². The van der Waals surface area contributed by atoms with E-state index in [0.717, 1.165) is 17.6 Å². The van der Waals surface area contributed by atoms with Gasteiger partial charge in [0.05, 0.1) is 10.8 Å². The van der Waals surface area contributed by atoms with Crippen LogP contribution in [0.4, 0.5) is 0 Å². The van der Waals surface area contributed by atoms with Gasteiger partial charge in [-0.3, -0.25) is 20.3 Å². The lowest BCUT2D eigenvalue weighted by molar-refractivity contribution is -0.135. The molecular formula is C13H19N3O6S2. The lowest BCUT2D eigenvalue weighted by Crippen LogP contribution is -2.57. The number of amides is 1. The fourth-order valence-corrected chi connectivity index (χ4v) is 3.87. The number of sulfone groups is 1. The van der Waals surface area contributed by atoms with E-state index < -0.39 is 45.3 Å². The molecule has 0 radical (unpaired) electrons. The highest BCUT2D eigenvalue weighted by molar-refractivity contribution is 7.92. The lowest BCUT2D eigenvalue weighted by atomic mass is 9.96. The van der Waals surface area contributed by atoms with Gasteiger partial charge in [0, 0.05) is 6.26 Å². The zero-order chi connectivity index (χ0) is 17.9. The molecule has 9 nitrogen and oxygen atoms in total. The van der Waals surface area contributed by atoms with Crippen molar-refractivity contribution in [1.82, 2.24) is 16.2 Å². The fraction of sp³-hybridized carbons (Fsp3) is 0.538. The van der Waals surface area contributed by atoms with E-state index in [1.54, 1.807) is 11.4 Å². The highest BCUT2D eigenvalue weighted by Gasteiger charge is 2.35. The van der Waals surface area contributed by atoms with Crippen LogP contribution in [0.25, 0.3) is 0 Å². The number of thiophene rings is 1. The molecule has 5 N–H and O–H groups in total. The van der Waals surface area contributed by atoms with Gasteiger partial charge in [0.2, 0.25) is 11.7 Å². The maximum atomic E-state index is 12.3. The normalized spacial score (nSPS) is 25.9. The van der Waals surface area contributed by atoms with Crippen LogP contribution in [-0.2, 0) is 14.6 Å². The Bertz CT molecular complexity index is 691. The monoisotopic (exact) mass is 377 g/mol. The van der Waals surface area contributed by atoms with E-state index in [1.807, 2.05) is 0 Å². The summed E-state index contributed by atoms with van der Waals surface area (Å²) in [4.78, 5) is 24.6. The van der Waals surface area contributed by atoms with Gasteiger partial charge in [-0.15, -0.1) is 11.3 Å². The number of hydrazine groups is 1. The van der Waals surface area contributed by atoms with Gasteiger partial charge in [0.25, 0.3) is 0 Å². The van der Waals surface area contributed by atoms with Crippen molar-refractivity contribution in [2.24, 2.45) is 5.92 Å². The summed E-state index contributed by atoms with van der Waals surface area (Å²) >= 11 is 1.09. The van der Waals surface area contributed by atoms with Crippen LogP contribution in [0.15, 0.2) is 17.5 Å². The topological polar surface area (TPSA) is 145 Å². The summed E-state index contributed by atoms with van der Waals surface area (Å²) in [5.74, 6) is -2.22. The third-order valence-corrected chi connectivity index (χ3v) is 5.66. The average Bonchev–Trinajstić information content (AvgIpc) is 2.99. The maximum Gasteiger partial charge on any atom is 0.241 e. The first-order valence-electron chi connectivity index (χ1n) is 7.14. The standard InChI is InChI=1S/C13H19N3O6S2/c1-24(21,22)13(10(18)8-3-2-6-23-8)16-15-12(20)7-4-5-9(17)14-11(7)19/h2-3,6-7,9,11,13-14,16-17,19H,4-5H2,1H3,(H,15,20). The lowest BCUT2D eigenvalue weighted by Gasteiger charge is -2.31. The summed E-state index contributed by atoms with van der Waals surface area (Å²) in [5.41, 5.74) is 4.43. The Hall–Kier alpha value is -1.37. The molecule has 4 unspecified atom stereocenters. The molecule has 0 bridgehead atoms. The summed E-state index contributed by atoms with van der Waals surface area (Å²) in [7, 11) is -3.83. The van der Waals surface area contributed by atoms with Crippen LogP contribution in [0.5, 0.6) is 0 Å². The molecule has 24 heavy (non-hydrogen) atoms. The number of nitrogens with one attached hydrogen (secondary N) is 3. The van der Waals surface area contributed by atoms with Gasteiger partial charge in [0.15, 0.2) is 15.2 Å². The molecule has 0 spiro atoms. The SMILES string of the molecule is CS(=O)(=O)C(NNC(=O)C1CCC(O)NC1O)C(=O)c1cccs1. The van der Waals surface area contributed by atoms with Crippen molar-refractivity contribution in [3.8, 4) is 0 Å². The molecule has 1 amide bonds. The highest BCUT2D eigenvalue weighted by Crippen LogP contribution is 2.18. The molecule has 1 aromatic heterocycles. The number of carbonyl (C=O) groups is 2. The smallest absolute Gasteiger partial charge is 0.241 e. The van der Waals surface area contributed by atoms with Crippen LogP contribution in [-0.4, -0.2) is 54.4 Å². The fourth-order valence-electron chi connectivity index (χ4n) is 2.31. The number of ketones is 1. The summed E-state index contributed by atoms with van der Waals surface area (Å²) in [6.07, 6.45) is -0.805. The number of hydrogen-bond acceptors (Lipinski definition) is 9. The second-order valence-corrected chi connectivity index (χ2v) is 8.57.